The van der Waals surface area contributed by atoms with Gasteiger partial charge in [-0.05, 0) is 122 Å². The van der Waals surface area contributed by atoms with Gasteiger partial charge in [0.1, 0.15) is 19.3 Å². The molecule has 0 amide bonds. The topological polar surface area (TPSA) is 237 Å². The van der Waals surface area contributed by atoms with Gasteiger partial charge in [-0.15, -0.1) is 0 Å². The molecule has 19 heteroatoms. The minimum Gasteiger partial charge on any atom is -0.462 e. The molecule has 98 heavy (non-hydrogen) atoms. The zero-order chi connectivity index (χ0) is 71.8. The van der Waals surface area contributed by atoms with Crippen LogP contribution in [-0.2, 0) is 65.4 Å². The van der Waals surface area contributed by atoms with E-state index in [2.05, 4.69) is 125 Å². The van der Waals surface area contributed by atoms with Crippen molar-refractivity contribution in [3.63, 3.8) is 0 Å². The van der Waals surface area contributed by atoms with E-state index in [1.165, 1.54) is 77.0 Å². The summed E-state index contributed by atoms with van der Waals surface area (Å²) in [5.74, 6) is -2.22. The zero-order valence-electron chi connectivity index (χ0n) is 61.7. The normalized spacial score (nSPS) is 14.5. The monoisotopic (exact) mass is 1420 g/mol. The van der Waals surface area contributed by atoms with Gasteiger partial charge in [0.05, 0.1) is 26.4 Å². The molecule has 5 atom stereocenters. The van der Waals surface area contributed by atoms with Crippen molar-refractivity contribution in [2.45, 2.75) is 341 Å². The Bertz CT molecular complexity index is 2240. The second kappa shape index (κ2) is 71.4. The van der Waals surface area contributed by atoms with E-state index < -0.39 is 97.5 Å². The molecule has 0 aliphatic carbocycles. The minimum atomic E-state index is -4.98. The highest BCUT2D eigenvalue weighted by Crippen LogP contribution is 2.45. The molecule has 0 bridgehead atoms. The van der Waals surface area contributed by atoms with Gasteiger partial charge in [-0.25, -0.2) is 9.13 Å². The van der Waals surface area contributed by atoms with Gasteiger partial charge in [0.15, 0.2) is 12.2 Å². The summed E-state index contributed by atoms with van der Waals surface area (Å²) in [6, 6.07) is 0. The van der Waals surface area contributed by atoms with Crippen LogP contribution in [-0.4, -0.2) is 96.7 Å². The maximum Gasteiger partial charge on any atom is 0.472 e. The third kappa shape index (κ3) is 70.4. The summed E-state index contributed by atoms with van der Waals surface area (Å²) in [6.07, 6.45) is 74.0. The quantitative estimate of drug-likeness (QED) is 0.0169. The van der Waals surface area contributed by atoms with Gasteiger partial charge in [0.2, 0.25) is 0 Å². The molecule has 0 radical (unpaired) electrons. The summed E-state index contributed by atoms with van der Waals surface area (Å²) >= 11 is 0. The van der Waals surface area contributed by atoms with Crippen molar-refractivity contribution in [1.82, 2.24) is 0 Å². The van der Waals surface area contributed by atoms with E-state index in [1.54, 1.807) is 0 Å². The van der Waals surface area contributed by atoms with Crippen molar-refractivity contribution in [1.29, 1.82) is 0 Å². The number of ether oxygens (including phenoxy) is 4. The van der Waals surface area contributed by atoms with E-state index in [4.69, 9.17) is 37.0 Å². The maximum absolute atomic E-state index is 13.1. The number of hydrogen-bond acceptors (Lipinski definition) is 15. The van der Waals surface area contributed by atoms with Crippen molar-refractivity contribution in [3.8, 4) is 0 Å². The van der Waals surface area contributed by atoms with E-state index in [-0.39, 0.29) is 25.7 Å². The fourth-order valence-electron chi connectivity index (χ4n) is 10.2. The lowest BCUT2D eigenvalue weighted by Gasteiger charge is -2.21. The predicted octanol–water partition coefficient (Wildman–Crippen LogP) is 22.0. The van der Waals surface area contributed by atoms with Crippen LogP contribution in [0, 0.1) is 0 Å². The molecule has 17 nitrogen and oxygen atoms in total. The number of phosphoric acid groups is 2. The number of carbonyl (C=O) groups is 4. The predicted molar refractivity (Wildman–Crippen MR) is 399 cm³/mol. The van der Waals surface area contributed by atoms with Gasteiger partial charge in [-0.3, -0.25) is 37.3 Å². The standard InChI is InChI=1S/C79H138O17P2/c1-5-9-13-17-21-25-29-33-34-35-36-37-38-42-44-48-52-56-60-64-77(82)90-70-75(96-79(84)66-62-58-54-50-46-41-32-28-24-20-16-12-8-4)72-94-98(87,88)92-68-73(80)67-91-97(85,86)93-71-74(95-78(83)65-61-57-53-49-45-40-31-27-23-19-15-11-7-3)69-89-76(81)63-59-55-51-47-43-39-30-26-22-18-14-10-6-2/h9,13-14,18,21,25-27,30-31,33-34,36-37,42,44,73-75,80H,5-8,10-12,15-17,19-20,22-24,28-29,32,35,38-41,43,45-72H2,1-4H3,(H,85,86)(H,87,88)/b13-9-,18-14-,25-21-,30-26-,31-27-,34-33-,37-36-,44-42-. The van der Waals surface area contributed by atoms with E-state index >= 15 is 0 Å². The fraction of sp³-hybridized carbons (Fsp3) is 0.747. The van der Waals surface area contributed by atoms with Crippen LogP contribution in [0.25, 0.3) is 0 Å². The molecule has 3 N–H and O–H groups in total. The van der Waals surface area contributed by atoms with Gasteiger partial charge in [-0.1, -0.05) is 273 Å². The number of rotatable bonds is 72. The summed E-state index contributed by atoms with van der Waals surface area (Å²) < 4.78 is 68.4. The van der Waals surface area contributed by atoms with Gasteiger partial charge >= 0.3 is 39.5 Å². The first-order chi connectivity index (χ1) is 47.7. The molecule has 0 rings (SSSR count). The average Bonchev–Trinajstić information content (AvgIpc) is 0.966. The van der Waals surface area contributed by atoms with Crippen molar-refractivity contribution in [3.05, 3.63) is 97.2 Å². The molecular formula is C79H138O17P2. The van der Waals surface area contributed by atoms with Crippen LogP contribution >= 0.6 is 15.6 Å². The number of phosphoric ester groups is 2. The first-order valence-corrected chi connectivity index (χ1v) is 41.5. The van der Waals surface area contributed by atoms with E-state index in [1.807, 2.05) is 0 Å². The lowest BCUT2D eigenvalue weighted by molar-refractivity contribution is -0.161. The van der Waals surface area contributed by atoms with E-state index in [9.17, 15) is 43.2 Å². The van der Waals surface area contributed by atoms with Crippen LogP contribution in [0.3, 0.4) is 0 Å². The molecule has 0 aliphatic rings. The zero-order valence-corrected chi connectivity index (χ0v) is 63.5. The van der Waals surface area contributed by atoms with Crippen LogP contribution < -0.4 is 0 Å². The summed E-state index contributed by atoms with van der Waals surface area (Å²) in [4.78, 5) is 72.8. The van der Waals surface area contributed by atoms with Gasteiger partial charge in [-0.2, -0.15) is 0 Å². The summed E-state index contributed by atoms with van der Waals surface area (Å²) in [5.41, 5.74) is 0. The highest BCUT2D eigenvalue weighted by molar-refractivity contribution is 7.47. The van der Waals surface area contributed by atoms with Gasteiger partial charge in [0, 0.05) is 25.7 Å². The number of carbonyl (C=O) groups excluding carboxylic acids is 4. The Morgan fingerprint density at radius 2 is 0.551 bits per heavy atom. The average molecular weight is 1420 g/mol. The Kier molecular flexibility index (Phi) is 68.4. The smallest absolute Gasteiger partial charge is 0.462 e. The molecule has 0 aromatic rings. The van der Waals surface area contributed by atoms with Gasteiger partial charge in [0.25, 0.3) is 0 Å². The number of allylic oxidation sites excluding steroid dienone is 16. The molecule has 0 heterocycles. The summed E-state index contributed by atoms with van der Waals surface area (Å²) in [6.45, 7) is 4.64. The number of esters is 4. The van der Waals surface area contributed by atoms with Crippen LogP contribution in [0.2, 0.25) is 0 Å². The Morgan fingerprint density at radius 3 is 0.888 bits per heavy atom. The third-order valence-electron chi connectivity index (χ3n) is 16.0. The van der Waals surface area contributed by atoms with Crippen molar-refractivity contribution >= 4 is 39.5 Å². The number of aliphatic hydroxyl groups excluding tert-OH is 1. The van der Waals surface area contributed by atoms with Crippen LogP contribution in [0.4, 0.5) is 0 Å². The molecule has 566 valence electrons. The molecule has 0 saturated carbocycles. The van der Waals surface area contributed by atoms with Crippen LogP contribution in [0.5, 0.6) is 0 Å². The highest BCUT2D eigenvalue weighted by atomic mass is 31.2. The number of aliphatic hydroxyl groups is 1. The molecule has 0 saturated heterocycles. The molecule has 0 aromatic heterocycles. The molecular weight excluding hydrogens is 1280 g/mol. The van der Waals surface area contributed by atoms with Crippen molar-refractivity contribution < 1.29 is 80.2 Å². The lowest BCUT2D eigenvalue weighted by Crippen LogP contribution is -2.30. The SMILES string of the molecule is CC/C=C\C/C=C\C/C=C\C/C=C\C/C=C\CCCCCC(=O)OCC(COP(=O)(O)OCC(O)COP(=O)(O)OCC(COC(=O)CCCCCCC/C=C\C/C=C\CCC)OC(=O)CCCCCCC/C=C\CCCCCC)OC(=O)CCCCCCCCCCCCCCC. The fourth-order valence-corrected chi connectivity index (χ4v) is 11.7. The first-order valence-electron chi connectivity index (χ1n) is 38.5. The Morgan fingerprint density at radius 1 is 0.296 bits per heavy atom. The highest BCUT2D eigenvalue weighted by Gasteiger charge is 2.30. The largest absolute Gasteiger partial charge is 0.472 e. The molecule has 5 unspecified atom stereocenters. The van der Waals surface area contributed by atoms with Crippen molar-refractivity contribution in [2.75, 3.05) is 39.6 Å². The van der Waals surface area contributed by atoms with Gasteiger partial charge < -0.3 is 33.8 Å². The Balaban J connectivity index is 5.35. The van der Waals surface area contributed by atoms with Crippen LogP contribution in [0.1, 0.15) is 323 Å². The third-order valence-corrected chi connectivity index (χ3v) is 17.9. The lowest BCUT2D eigenvalue weighted by atomic mass is 10.0. The van der Waals surface area contributed by atoms with Crippen molar-refractivity contribution in [2.24, 2.45) is 0 Å². The summed E-state index contributed by atoms with van der Waals surface area (Å²) in [5, 5.41) is 10.6. The molecule has 0 aliphatic heterocycles. The Hall–Kier alpha value is -4.02. The van der Waals surface area contributed by atoms with E-state index in [0.717, 1.165) is 167 Å². The molecule has 0 fully saturated rings. The van der Waals surface area contributed by atoms with E-state index in [0.29, 0.717) is 25.7 Å². The molecule has 0 aromatic carbocycles. The van der Waals surface area contributed by atoms with Crippen LogP contribution in [0.15, 0.2) is 97.2 Å². The number of unbranched alkanes of at least 4 members (excludes halogenated alkanes) is 30. The second-order valence-electron chi connectivity index (χ2n) is 25.6. The Labute approximate surface area is 595 Å². The first kappa shape index (κ1) is 94.0. The second-order valence-corrected chi connectivity index (χ2v) is 28.5. The maximum atomic E-state index is 13.1. The minimum absolute atomic E-state index is 0.0823. The molecule has 0 spiro atoms. The summed E-state index contributed by atoms with van der Waals surface area (Å²) in [7, 11) is -9.95. The number of hydrogen-bond donors (Lipinski definition) is 3.